The average molecular weight is 326 g/mol. The van der Waals surface area contributed by atoms with Crippen molar-refractivity contribution in [3.63, 3.8) is 0 Å². The van der Waals surface area contributed by atoms with E-state index in [2.05, 4.69) is 19.3 Å². The molecule has 0 amide bonds. The Bertz CT molecular complexity index is 645. The molecule has 0 atom stereocenters. The second-order valence-electron chi connectivity index (χ2n) is 3.51. The van der Waals surface area contributed by atoms with Crippen LogP contribution in [0.15, 0.2) is 38.9 Å². The van der Waals surface area contributed by atoms with Gasteiger partial charge in [0.25, 0.3) is 0 Å². The zero-order valence-corrected chi connectivity index (χ0v) is 13.3. The molecule has 0 saturated heterocycles. The van der Waals surface area contributed by atoms with Gasteiger partial charge in [0, 0.05) is 0 Å². The molecule has 8 heteroatoms. The topological polar surface area (TPSA) is 54.5 Å². The fourth-order valence-corrected chi connectivity index (χ4v) is 4.84. The summed E-state index contributed by atoms with van der Waals surface area (Å²) in [5.41, 5.74) is 2.09. The van der Waals surface area contributed by atoms with Crippen molar-refractivity contribution in [3.8, 4) is 0 Å². The molecule has 0 radical (unpaired) electrons. The van der Waals surface area contributed by atoms with E-state index in [1.54, 1.807) is 35.3 Å². The minimum atomic E-state index is 0.848. The molecular formula is C11H10N4S4. The van der Waals surface area contributed by atoms with Crippen molar-refractivity contribution in [3.05, 3.63) is 24.3 Å². The van der Waals surface area contributed by atoms with E-state index in [1.165, 1.54) is 11.5 Å². The molecule has 1 N–H and O–H groups in total. The van der Waals surface area contributed by atoms with Gasteiger partial charge in [-0.2, -0.15) is 4.37 Å². The van der Waals surface area contributed by atoms with Crippen LogP contribution < -0.4 is 0 Å². The van der Waals surface area contributed by atoms with Crippen LogP contribution in [0.3, 0.4) is 0 Å². The second kappa shape index (κ2) is 6.17. The fraction of sp³-hybridized carbons (Fsp3) is 0.182. The maximum atomic E-state index is 4.52. The van der Waals surface area contributed by atoms with Gasteiger partial charge in [-0.05, 0) is 29.9 Å². The third-order valence-electron chi connectivity index (χ3n) is 2.32. The first kappa shape index (κ1) is 13.3. The number of fused-ring (bicyclic) bond motifs is 1. The molecule has 0 fully saturated rings. The van der Waals surface area contributed by atoms with E-state index in [0.717, 1.165) is 30.8 Å². The van der Waals surface area contributed by atoms with Crippen LogP contribution in [0.25, 0.3) is 11.0 Å². The molecule has 3 rings (SSSR count). The summed E-state index contributed by atoms with van der Waals surface area (Å²) in [5, 5.41) is 2.67. The molecule has 0 bridgehead atoms. The Morgan fingerprint density at radius 2 is 2.11 bits per heavy atom. The van der Waals surface area contributed by atoms with E-state index in [4.69, 9.17) is 0 Å². The molecular weight excluding hydrogens is 316 g/mol. The lowest BCUT2D eigenvalue weighted by atomic mass is 10.3. The highest BCUT2D eigenvalue weighted by Gasteiger charge is 2.06. The molecule has 2 heterocycles. The Kier molecular flexibility index (Phi) is 4.31. The van der Waals surface area contributed by atoms with Gasteiger partial charge in [0.2, 0.25) is 5.16 Å². The Hall–Kier alpha value is -0.700. The van der Waals surface area contributed by atoms with Crippen LogP contribution in [-0.4, -0.2) is 30.7 Å². The minimum absolute atomic E-state index is 0.848. The number of rotatable bonds is 5. The summed E-state index contributed by atoms with van der Waals surface area (Å²) in [7, 11) is 0. The number of H-pyrrole nitrogens is 1. The van der Waals surface area contributed by atoms with E-state index < -0.39 is 0 Å². The summed E-state index contributed by atoms with van der Waals surface area (Å²) < 4.78 is 5.24. The van der Waals surface area contributed by atoms with Crippen molar-refractivity contribution >= 4 is 57.9 Å². The first-order valence-corrected chi connectivity index (χ1v) is 9.40. The average Bonchev–Trinajstić information content (AvgIpc) is 3.04. The molecule has 0 spiro atoms. The summed E-state index contributed by atoms with van der Waals surface area (Å²) in [6.45, 7) is 0. The minimum Gasteiger partial charge on any atom is -0.333 e. The van der Waals surface area contributed by atoms with Gasteiger partial charge in [-0.25, -0.2) is 9.97 Å². The Morgan fingerprint density at radius 3 is 2.89 bits per heavy atom. The standard InChI is InChI=1S/C11H10N4S4/c1-16-10-14-11(19-15-10)18-6-17-9-12-7-4-2-3-5-8(7)13-9/h2-5H,6H2,1H3,(H,12,13). The van der Waals surface area contributed by atoms with E-state index >= 15 is 0 Å². The maximum Gasteiger partial charge on any atom is 0.200 e. The highest BCUT2D eigenvalue weighted by Crippen LogP contribution is 2.29. The molecule has 98 valence electrons. The predicted molar refractivity (Wildman–Crippen MR) is 84.4 cm³/mol. The number of imidazole rings is 1. The zero-order valence-electron chi connectivity index (χ0n) is 9.99. The third kappa shape index (κ3) is 3.25. The highest BCUT2D eigenvalue weighted by molar-refractivity contribution is 8.16. The van der Waals surface area contributed by atoms with Gasteiger partial charge in [-0.1, -0.05) is 47.4 Å². The number of aromatic nitrogens is 4. The number of aromatic amines is 1. The summed E-state index contributed by atoms with van der Waals surface area (Å²) in [6.07, 6.45) is 1.99. The van der Waals surface area contributed by atoms with Crippen LogP contribution in [-0.2, 0) is 0 Å². The molecule has 0 unspecified atom stereocenters. The highest BCUT2D eigenvalue weighted by atomic mass is 32.2. The van der Waals surface area contributed by atoms with Gasteiger partial charge in [-0.15, -0.1) is 0 Å². The van der Waals surface area contributed by atoms with Gasteiger partial charge in [0.1, 0.15) is 0 Å². The first-order chi connectivity index (χ1) is 9.35. The summed E-state index contributed by atoms with van der Waals surface area (Å²) in [4.78, 5) is 12.2. The van der Waals surface area contributed by atoms with Gasteiger partial charge < -0.3 is 4.98 Å². The largest absolute Gasteiger partial charge is 0.333 e. The second-order valence-corrected chi connectivity index (χ2v) is 7.59. The molecule has 0 aliphatic heterocycles. The van der Waals surface area contributed by atoms with Crippen molar-refractivity contribution in [1.29, 1.82) is 0 Å². The van der Waals surface area contributed by atoms with Crippen LogP contribution in [0.4, 0.5) is 0 Å². The van der Waals surface area contributed by atoms with Crippen LogP contribution in [0.2, 0.25) is 0 Å². The van der Waals surface area contributed by atoms with Crippen molar-refractivity contribution in [2.45, 2.75) is 14.7 Å². The van der Waals surface area contributed by atoms with Gasteiger partial charge in [0.05, 0.1) is 16.1 Å². The lowest BCUT2D eigenvalue weighted by Crippen LogP contribution is -1.77. The summed E-state index contributed by atoms with van der Waals surface area (Å²) in [6, 6.07) is 8.06. The Morgan fingerprint density at radius 1 is 1.21 bits per heavy atom. The monoisotopic (exact) mass is 326 g/mol. The molecule has 0 aliphatic carbocycles. The number of hydrogen-bond acceptors (Lipinski definition) is 7. The third-order valence-corrected chi connectivity index (χ3v) is 5.82. The Balaban J connectivity index is 1.59. The normalized spacial score (nSPS) is 11.2. The zero-order chi connectivity index (χ0) is 13.1. The molecule has 0 saturated carbocycles. The first-order valence-electron chi connectivity index (χ1n) is 5.43. The van der Waals surface area contributed by atoms with Crippen LogP contribution >= 0.6 is 46.8 Å². The number of para-hydroxylation sites is 2. The quantitative estimate of drug-likeness (QED) is 0.565. The molecule has 4 nitrogen and oxygen atoms in total. The molecule has 19 heavy (non-hydrogen) atoms. The number of nitrogens with zero attached hydrogens (tertiary/aromatic N) is 3. The number of hydrogen-bond donors (Lipinski definition) is 1. The van der Waals surface area contributed by atoms with Gasteiger partial charge in [-0.3, -0.25) is 0 Å². The van der Waals surface area contributed by atoms with Crippen molar-refractivity contribution in [2.75, 3.05) is 11.3 Å². The molecule has 1 aromatic carbocycles. The van der Waals surface area contributed by atoms with Crippen molar-refractivity contribution in [2.24, 2.45) is 0 Å². The molecule has 2 aromatic heterocycles. The smallest absolute Gasteiger partial charge is 0.200 e. The Labute approximate surface area is 127 Å². The van der Waals surface area contributed by atoms with Gasteiger partial charge >= 0.3 is 0 Å². The van der Waals surface area contributed by atoms with Gasteiger partial charge in [0.15, 0.2) is 9.50 Å². The van der Waals surface area contributed by atoms with E-state index in [9.17, 15) is 0 Å². The van der Waals surface area contributed by atoms with Crippen LogP contribution in [0.5, 0.6) is 0 Å². The van der Waals surface area contributed by atoms with E-state index in [-0.39, 0.29) is 0 Å². The summed E-state index contributed by atoms with van der Waals surface area (Å²) >= 11 is 6.41. The lowest BCUT2D eigenvalue weighted by molar-refractivity contribution is 1.02. The van der Waals surface area contributed by atoms with Crippen molar-refractivity contribution in [1.82, 2.24) is 19.3 Å². The summed E-state index contributed by atoms with van der Waals surface area (Å²) in [5.74, 6) is 0. The molecule has 3 aromatic rings. The molecule has 0 aliphatic rings. The lowest BCUT2D eigenvalue weighted by Gasteiger charge is -1.93. The van der Waals surface area contributed by atoms with Crippen LogP contribution in [0.1, 0.15) is 0 Å². The van der Waals surface area contributed by atoms with Crippen LogP contribution in [0, 0.1) is 0 Å². The number of nitrogens with one attached hydrogen (secondary N) is 1. The maximum absolute atomic E-state index is 4.52. The SMILES string of the molecule is CSc1nsc(SCSc2nc3ccccc3[nH]2)n1. The number of thioether (sulfide) groups is 3. The number of benzene rings is 1. The predicted octanol–water partition coefficient (Wildman–Crippen LogP) is 3.98. The van der Waals surface area contributed by atoms with E-state index in [1.807, 2.05) is 30.5 Å². The fourth-order valence-electron chi connectivity index (χ4n) is 1.47. The van der Waals surface area contributed by atoms with E-state index in [0.29, 0.717) is 0 Å². The van der Waals surface area contributed by atoms with Crippen molar-refractivity contribution < 1.29 is 0 Å².